The predicted octanol–water partition coefficient (Wildman–Crippen LogP) is 6.40. The van der Waals surface area contributed by atoms with Gasteiger partial charge in [0.05, 0.1) is 11.2 Å². The van der Waals surface area contributed by atoms with Gasteiger partial charge in [0.15, 0.2) is 0 Å². The van der Waals surface area contributed by atoms with Crippen LogP contribution in [0, 0.1) is 0 Å². The molecule has 1 aliphatic rings. The number of halogens is 3. The van der Waals surface area contributed by atoms with Crippen LogP contribution in [0.1, 0.15) is 51.3 Å². The van der Waals surface area contributed by atoms with E-state index >= 15 is 0 Å². The molecule has 0 radical (unpaired) electrons. The molecule has 1 saturated heterocycles. The standard InChI is InChI=1S/C22H26BBrCl2O2/c1-6-15-18(24)12-14(13-20(15)26)10-11-16-17(8-7-9-19(16)25)23-27-21(2,3)22(4,5)28-23/h7-9,12-13H,6,10-11H2,1-5H3. The summed E-state index contributed by atoms with van der Waals surface area (Å²) in [5, 5.41) is 1.54. The van der Waals surface area contributed by atoms with Crippen LogP contribution in [0.15, 0.2) is 34.8 Å². The van der Waals surface area contributed by atoms with Crippen LogP contribution in [-0.2, 0) is 28.6 Å². The lowest BCUT2D eigenvalue weighted by atomic mass is 9.75. The van der Waals surface area contributed by atoms with E-state index in [9.17, 15) is 0 Å². The first kappa shape index (κ1) is 22.2. The first-order chi connectivity index (χ1) is 13.1. The van der Waals surface area contributed by atoms with Crippen molar-refractivity contribution in [3.8, 4) is 0 Å². The highest BCUT2D eigenvalue weighted by atomic mass is 79.9. The lowest BCUT2D eigenvalue weighted by Gasteiger charge is -2.32. The second kappa shape index (κ2) is 8.31. The van der Waals surface area contributed by atoms with Gasteiger partial charge in [-0.25, -0.2) is 0 Å². The number of hydrogen-bond donors (Lipinski definition) is 0. The minimum Gasteiger partial charge on any atom is -0.399 e. The van der Waals surface area contributed by atoms with Crippen molar-refractivity contribution in [2.75, 3.05) is 0 Å². The van der Waals surface area contributed by atoms with Crippen molar-refractivity contribution >= 4 is 51.7 Å². The third kappa shape index (κ3) is 4.32. The molecule has 2 aromatic rings. The van der Waals surface area contributed by atoms with E-state index in [-0.39, 0.29) is 11.2 Å². The molecular weight excluding hydrogens is 458 g/mol. The minimum atomic E-state index is -0.420. The molecule has 2 aromatic carbocycles. The highest BCUT2D eigenvalue weighted by molar-refractivity contribution is 9.10. The Labute approximate surface area is 187 Å². The molecule has 1 fully saturated rings. The molecule has 3 rings (SSSR count). The maximum atomic E-state index is 6.58. The van der Waals surface area contributed by atoms with E-state index in [1.54, 1.807) is 0 Å². The number of rotatable bonds is 5. The van der Waals surface area contributed by atoms with Crippen LogP contribution in [0.3, 0.4) is 0 Å². The van der Waals surface area contributed by atoms with Crippen molar-refractivity contribution in [1.29, 1.82) is 0 Å². The molecule has 0 N–H and O–H groups in total. The second-order valence-electron chi connectivity index (χ2n) is 8.29. The summed E-state index contributed by atoms with van der Waals surface area (Å²) in [5.41, 5.74) is 3.61. The fourth-order valence-electron chi connectivity index (χ4n) is 3.44. The Kier molecular flexibility index (Phi) is 6.59. The Morgan fingerprint density at radius 2 is 1.57 bits per heavy atom. The van der Waals surface area contributed by atoms with E-state index in [0.717, 1.165) is 50.4 Å². The van der Waals surface area contributed by atoms with Crippen LogP contribution in [0.25, 0.3) is 0 Å². The summed E-state index contributed by atoms with van der Waals surface area (Å²) in [4.78, 5) is 0. The fourth-order valence-corrected chi connectivity index (χ4v) is 4.99. The molecule has 1 aliphatic heterocycles. The Morgan fingerprint density at radius 3 is 2.14 bits per heavy atom. The highest BCUT2D eigenvalue weighted by Crippen LogP contribution is 2.37. The van der Waals surface area contributed by atoms with Crippen molar-refractivity contribution in [2.45, 2.75) is 65.1 Å². The molecule has 28 heavy (non-hydrogen) atoms. The lowest BCUT2D eigenvalue weighted by molar-refractivity contribution is 0.00578. The van der Waals surface area contributed by atoms with Gasteiger partial charge in [0, 0.05) is 14.5 Å². The minimum absolute atomic E-state index is 0.383. The van der Waals surface area contributed by atoms with Gasteiger partial charge in [0.2, 0.25) is 0 Å². The summed E-state index contributed by atoms with van der Waals surface area (Å²) in [6, 6.07) is 10.1. The van der Waals surface area contributed by atoms with E-state index in [4.69, 9.17) is 32.5 Å². The Morgan fingerprint density at radius 1 is 0.929 bits per heavy atom. The molecule has 6 heteroatoms. The Bertz CT molecular complexity index is 844. The molecule has 0 aliphatic carbocycles. The van der Waals surface area contributed by atoms with Gasteiger partial charge in [-0.15, -0.1) is 0 Å². The third-order valence-corrected chi connectivity index (χ3v) is 7.28. The van der Waals surface area contributed by atoms with Gasteiger partial charge in [-0.05, 0) is 87.3 Å². The van der Waals surface area contributed by atoms with Crippen LogP contribution in [0.4, 0.5) is 0 Å². The maximum Gasteiger partial charge on any atom is 0.495 e. The van der Waals surface area contributed by atoms with Crippen molar-refractivity contribution in [3.05, 3.63) is 61.5 Å². The fraction of sp³-hybridized carbons (Fsp3) is 0.455. The van der Waals surface area contributed by atoms with Gasteiger partial charge < -0.3 is 9.31 Å². The SMILES string of the molecule is CCc1c(Cl)cc(CCc2c(Cl)cccc2B2OC(C)(C)C(C)(C)O2)cc1Br. The van der Waals surface area contributed by atoms with Crippen LogP contribution in [0.5, 0.6) is 0 Å². The van der Waals surface area contributed by atoms with E-state index in [2.05, 4.69) is 62.7 Å². The largest absolute Gasteiger partial charge is 0.495 e. The molecule has 1 heterocycles. The van der Waals surface area contributed by atoms with Gasteiger partial charge in [-0.1, -0.05) is 58.2 Å². The summed E-state index contributed by atoms with van der Waals surface area (Å²) in [7, 11) is -0.420. The summed E-state index contributed by atoms with van der Waals surface area (Å²) in [6.45, 7) is 10.3. The second-order valence-corrected chi connectivity index (χ2v) is 9.96. The average molecular weight is 484 g/mol. The number of benzene rings is 2. The zero-order valence-corrected chi connectivity index (χ0v) is 20.1. The zero-order valence-electron chi connectivity index (χ0n) is 17.0. The predicted molar refractivity (Wildman–Crippen MR) is 123 cm³/mol. The smallest absolute Gasteiger partial charge is 0.399 e. The maximum absolute atomic E-state index is 6.58. The molecular formula is C22H26BBrCl2O2. The summed E-state index contributed by atoms with van der Waals surface area (Å²) >= 11 is 16.7. The van der Waals surface area contributed by atoms with Crippen LogP contribution in [-0.4, -0.2) is 18.3 Å². The highest BCUT2D eigenvalue weighted by Gasteiger charge is 2.52. The van der Waals surface area contributed by atoms with Gasteiger partial charge in [0.25, 0.3) is 0 Å². The normalized spacial score (nSPS) is 17.9. The Hall–Kier alpha value is -0.515. The summed E-state index contributed by atoms with van der Waals surface area (Å²) in [5.74, 6) is 0. The number of hydrogen-bond acceptors (Lipinski definition) is 2. The molecule has 0 aromatic heterocycles. The van der Waals surface area contributed by atoms with Crippen molar-refractivity contribution in [1.82, 2.24) is 0 Å². The van der Waals surface area contributed by atoms with E-state index in [0.29, 0.717) is 0 Å². The van der Waals surface area contributed by atoms with Crippen LogP contribution in [0.2, 0.25) is 10.0 Å². The van der Waals surface area contributed by atoms with Crippen LogP contribution >= 0.6 is 39.1 Å². The van der Waals surface area contributed by atoms with Crippen molar-refractivity contribution in [3.63, 3.8) is 0 Å². The first-order valence-corrected chi connectivity index (χ1v) is 11.2. The number of aryl methyl sites for hydroxylation is 1. The lowest BCUT2D eigenvalue weighted by Crippen LogP contribution is -2.41. The molecule has 0 atom stereocenters. The van der Waals surface area contributed by atoms with E-state index in [1.165, 1.54) is 5.56 Å². The van der Waals surface area contributed by atoms with Crippen molar-refractivity contribution < 1.29 is 9.31 Å². The average Bonchev–Trinajstić information content (AvgIpc) is 2.81. The molecule has 0 amide bonds. The molecule has 0 unspecified atom stereocenters. The van der Waals surface area contributed by atoms with Gasteiger partial charge >= 0.3 is 7.12 Å². The first-order valence-electron chi connectivity index (χ1n) is 9.65. The molecule has 0 spiro atoms. The quantitative estimate of drug-likeness (QED) is 0.458. The molecule has 150 valence electrons. The van der Waals surface area contributed by atoms with E-state index in [1.807, 2.05) is 18.2 Å². The molecule has 0 bridgehead atoms. The Balaban J connectivity index is 1.86. The van der Waals surface area contributed by atoms with Crippen LogP contribution < -0.4 is 5.46 Å². The topological polar surface area (TPSA) is 18.5 Å². The summed E-state index contributed by atoms with van der Waals surface area (Å²) in [6.07, 6.45) is 2.52. The molecule has 0 saturated carbocycles. The summed E-state index contributed by atoms with van der Waals surface area (Å²) < 4.78 is 13.6. The van der Waals surface area contributed by atoms with Gasteiger partial charge in [0.1, 0.15) is 0 Å². The monoisotopic (exact) mass is 482 g/mol. The zero-order chi connectivity index (χ0) is 20.7. The van der Waals surface area contributed by atoms with Crippen molar-refractivity contribution in [2.24, 2.45) is 0 Å². The third-order valence-electron chi connectivity index (χ3n) is 5.88. The molecule has 2 nitrogen and oxygen atoms in total. The van der Waals surface area contributed by atoms with Gasteiger partial charge in [-0.3, -0.25) is 0 Å². The van der Waals surface area contributed by atoms with Gasteiger partial charge in [-0.2, -0.15) is 0 Å². The van der Waals surface area contributed by atoms with E-state index < -0.39 is 7.12 Å².